The molecule has 6 atom stereocenters. The van der Waals surface area contributed by atoms with Gasteiger partial charge in [0.05, 0.1) is 0 Å². The molecule has 0 unspecified atom stereocenters. The highest BCUT2D eigenvalue weighted by Gasteiger charge is 2.59. The number of unbranched alkanes of at least 4 members (excludes halogenated alkanes) is 6. The molecule has 0 bridgehead atoms. The Bertz CT molecular complexity index is 779. The number of fused-ring (bicyclic) bond motifs is 5. The first-order valence-corrected chi connectivity index (χ1v) is 14.0. The summed E-state index contributed by atoms with van der Waals surface area (Å²) in [5.74, 6) is 2.25. The molecule has 0 N–H and O–H groups in total. The second kappa shape index (κ2) is 10.5. The molecular weight excluding hydrogens is 408 g/mol. The van der Waals surface area contributed by atoms with Gasteiger partial charge in [0.1, 0.15) is 6.10 Å². The maximum absolute atomic E-state index is 12.6. The maximum atomic E-state index is 12.6. The van der Waals surface area contributed by atoms with Gasteiger partial charge in [-0.1, -0.05) is 64.5 Å². The summed E-state index contributed by atoms with van der Waals surface area (Å²) in [4.78, 5) is 24.6. The molecule has 0 aliphatic heterocycles. The summed E-state index contributed by atoms with van der Waals surface area (Å²) in [6.45, 7) is 7.08. The van der Waals surface area contributed by atoms with Gasteiger partial charge in [0.15, 0.2) is 5.78 Å². The summed E-state index contributed by atoms with van der Waals surface area (Å²) in [6.07, 6.45) is 23.0. The number of esters is 1. The fraction of sp³-hybridized carbons (Fsp3) is 0.800. The van der Waals surface area contributed by atoms with Gasteiger partial charge in [-0.15, -0.1) is 0 Å². The summed E-state index contributed by atoms with van der Waals surface area (Å²) in [5.41, 5.74) is 1.76. The standard InChI is InChI=1S/C30H46O3/c1-4-5-6-7-8-9-10-11-12-28(32)33-27-16-15-25-24-14-13-22-21-23(31)17-19-29(22,2)26(24)18-20-30(25,27)3/h11-12,21,24-27H,4-10,13-20H2,1-3H3/t24-,25-,26-,27-,29-,30-/m0/s1. The van der Waals surface area contributed by atoms with E-state index in [0.717, 1.165) is 38.5 Å². The van der Waals surface area contributed by atoms with E-state index in [9.17, 15) is 9.59 Å². The number of ether oxygens (including phenoxy) is 1. The smallest absolute Gasteiger partial charge is 0.330 e. The SMILES string of the molecule is CCCCCCCCC=CC(=O)O[C@H]1CC[C@H]2[C@@H]3CCC4=CC(=O)CC[C@]4(C)[C@H]3CC[C@]12C. The molecule has 184 valence electrons. The van der Waals surface area contributed by atoms with Crippen LogP contribution in [0.4, 0.5) is 0 Å². The van der Waals surface area contributed by atoms with Gasteiger partial charge in [-0.3, -0.25) is 4.79 Å². The van der Waals surface area contributed by atoms with Crippen molar-refractivity contribution in [3.8, 4) is 0 Å². The summed E-state index contributed by atoms with van der Waals surface area (Å²) < 4.78 is 6.09. The number of hydrogen-bond acceptors (Lipinski definition) is 3. The lowest BCUT2D eigenvalue weighted by Crippen LogP contribution is -2.51. The average molecular weight is 455 g/mol. The number of hydrogen-bond donors (Lipinski definition) is 0. The van der Waals surface area contributed by atoms with E-state index < -0.39 is 0 Å². The van der Waals surface area contributed by atoms with E-state index in [-0.39, 0.29) is 22.9 Å². The molecule has 3 heteroatoms. The second-order valence-corrected chi connectivity index (χ2v) is 12.0. The highest BCUT2D eigenvalue weighted by molar-refractivity contribution is 5.91. The Balaban J connectivity index is 1.31. The summed E-state index contributed by atoms with van der Waals surface area (Å²) in [6, 6.07) is 0. The summed E-state index contributed by atoms with van der Waals surface area (Å²) in [7, 11) is 0. The lowest BCUT2D eigenvalue weighted by atomic mass is 9.47. The van der Waals surface area contributed by atoms with E-state index in [1.54, 1.807) is 6.08 Å². The fourth-order valence-electron chi connectivity index (χ4n) is 8.11. The molecule has 4 rings (SSSR count). The molecule has 3 saturated carbocycles. The molecule has 33 heavy (non-hydrogen) atoms. The van der Waals surface area contributed by atoms with E-state index in [2.05, 4.69) is 20.8 Å². The first-order valence-electron chi connectivity index (χ1n) is 14.0. The molecule has 3 fully saturated rings. The van der Waals surface area contributed by atoms with Crippen LogP contribution in [-0.4, -0.2) is 17.9 Å². The van der Waals surface area contributed by atoms with Crippen LogP contribution in [0.25, 0.3) is 0 Å². The number of carbonyl (C=O) groups excluding carboxylic acids is 2. The first kappa shape index (κ1) is 24.7. The molecule has 0 aromatic rings. The van der Waals surface area contributed by atoms with Gasteiger partial charge in [-0.05, 0) is 87.0 Å². The Kier molecular flexibility index (Phi) is 7.86. The lowest BCUT2D eigenvalue weighted by Gasteiger charge is -2.57. The quantitative estimate of drug-likeness (QED) is 0.203. The molecule has 3 nitrogen and oxygen atoms in total. The highest BCUT2D eigenvalue weighted by atomic mass is 16.5. The third-order valence-corrected chi connectivity index (χ3v) is 10.1. The van der Waals surface area contributed by atoms with E-state index in [4.69, 9.17) is 4.74 Å². The minimum absolute atomic E-state index is 0.0623. The first-order chi connectivity index (χ1) is 15.9. The number of rotatable bonds is 9. The normalized spacial score (nSPS) is 37.9. The third kappa shape index (κ3) is 5.03. The van der Waals surface area contributed by atoms with Crippen molar-refractivity contribution in [1.82, 2.24) is 0 Å². The van der Waals surface area contributed by atoms with E-state index >= 15 is 0 Å². The molecule has 0 aromatic carbocycles. The molecular formula is C30H46O3. The van der Waals surface area contributed by atoms with E-state index in [1.165, 1.54) is 63.4 Å². The van der Waals surface area contributed by atoms with Crippen LogP contribution in [0.5, 0.6) is 0 Å². The Labute approximate surface area is 201 Å². The monoisotopic (exact) mass is 454 g/mol. The van der Waals surface area contributed by atoms with Crippen LogP contribution in [-0.2, 0) is 14.3 Å². The van der Waals surface area contributed by atoms with Crippen LogP contribution < -0.4 is 0 Å². The Hall–Kier alpha value is -1.38. The lowest BCUT2D eigenvalue weighted by molar-refractivity contribution is -0.154. The van der Waals surface area contributed by atoms with Gasteiger partial charge in [-0.2, -0.15) is 0 Å². The summed E-state index contributed by atoms with van der Waals surface area (Å²) in [5, 5.41) is 0. The van der Waals surface area contributed by atoms with Crippen LogP contribution in [0.15, 0.2) is 23.8 Å². The van der Waals surface area contributed by atoms with Gasteiger partial charge < -0.3 is 4.74 Å². The largest absolute Gasteiger partial charge is 0.459 e. The van der Waals surface area contributed by atoms with Crippen LogP contribution in [0.3, 0.4) is 0 Å². The predicted molar refractivity (Wildman–Crippen MR) is 134 cm³/mol. The minimum atomic E-state index is -0.137. The molecule has 0 heterocycles. The highest BCUT2D eigenvalue weighted by Crippen LogP contribution is 2.65. The van der Waals surface area contributed by atoms with Crippen molar-refractivity contribution in [2.45, 2.75) is 123 Å². The Morgan fingerprint density at radius 2 is 1.79 bits per heavy atom. The third-order valence-electron chi connectivity index (χ3n) is 10.1. The van der Waals surface area contributed by atoms with Crippen molar-refractivity contribution in [2.24, 2.45) is 28.6 Å². The van der Waals surface area contributed by atoms with Crippen LogP contribution >= 0.6 is 0 Å². The zero-order valence-corrected chi connectivity index (χ0v) is 21.4. The second-order valence-electron chi connectivity index (χ2n) is 12.0. The Morgan fingerprint density at radius 1 is 1.00 bits per heavy atom. The van der Waals surface area contributed by atoms with Crippen molar-refractivity contribution in [3.05, 3.63) is 23.8 Å². The van der Waals surface area contributed by atoms with Crippen molar-refractivity contribution >= 4 is 11.8 Å². The van der Waals surface area contributed by atoms with Crippen molar-refractivity contribution in [1.29, 1.82) is 0 Å². The van der Waals surface area contributed by atoms with Crippen molar-refractivity contribution < 1.29 is 14.3 Å². The van der Waals surface area contributed by atoms with Crippen molar-refractivity contribution in [2.75, 3.05) is 0 Å². The topological polar surface area (TPSA) is 43.4 Å². The van der Waals surface area contributed by atoms with Crippen LogP contribution in [0.1, 0.15) is 117 Å². The molecule has 0 amide bonds. The maximum Gasteiger partial charge on any atom is 0.330 e. The molecule has 0 spiro atoms. The molecule has 0 saturated heterocycles. The van der Waals surface area contributed by atoms with Crippen LogP contribution in [0, 0.1) is 28.6 Å². The van der Waals surface area contributed by atoms with Gasteiger partial charge in [0, 0.05) is 17.9 Å². The zero-order valence-electron chi connectivity index (χ0n) is 21.4. The van der Waals surface area contributed by atoms with Gasteiger partial charge in [-0.25, -0.2) is 4.79 Å². The van der Waals surface area contributed by atoms with Gasteiger partial charge in [0.2, 0.25) is 0 Å². The van der Waals surface area contributed by atoms with Gasteiger partial charge in [0.25, 0.3) is 0 Å². The molecule has 4 aliphatic carbocycles. The van der Waals surface area contributed by atoms with Crippen LogP contribution in [0.2, 0.25) is 0 Å². The summed E-state index contributed by atoms with van der Waals surface area (Å²) >= 11 is 0. The number of ketones is 1. The number of allylic oxidation sites excluding steroid dienone is 2. The van der Waals surface area contributed by atoms with Crippen molar-refractivity contribution in [3.63, 3.8) is 0 Å². The van der Waals surface area contributed by atoms with E-state index in [1.807, 2.05) is 12.2 Å². The number of carbonyl (C=O) groups is 2. The minimum Gasteiger partial charge on any atom is -0.459 e. The predicted octanol–water partition coefficient (Wildman–Crippen LogP) is 7.74. The molecule has 0 aromatic heterocycles. The van der Waals surface area contributed by atoms with E-state index in [0.29, 0.717) is 23.5 Å². The average Bonchev–Trinajstić information content (AvgIpc) is 3.12. The fourth-order valence-corrected chi connectivity index (χ4v) is 8.11. The molecule has 0 radical (unpaired) electrons. The zero-order chi connectivity index (χ0) is 23.5. The van der Waals surface area contributed by atoms with Gasteiger partial charge >= 0.3 is 5.97 Å². The molecule has 4 aliphatic rings. The Morgan fingerprint density at radius 3 is 2.61 bits per heavy atom.